The molecule has 1 aromatic heterocycles. The number of thiazole rings is 1. The fourth-order valence-corrected chi connectivity index (χ4v) is 5.37. The summed E-state index contributed by atoms with van der Waals surface area (Å²) in [6.45, 7) is 3.95. The quantitative estimate of drug-likeness (QED) is 0.407. The molecule has 4 rings (SSSR count). The molecule has 0 saturated carbocycles. The minimum absolute atomic E-state index is 0.197. The summed E-state index contributed by atoms with van der Waals surface area (Å²) in [4.78, 5) is 32.3. The second-order valence-corrected chi connectivity index (χ2v) is 9.73. The van der Waals surface area contributed by atoms with E-state index in [1.807, 2.05) is 19.1 Å². The second kappa shape index (κ2) is 10.8. The minimum atomic E-state index is -0.798. The monoisotopic (exact) mass is 530 g/mol. The lowest BCUT2D eigenvalue weighted by molar-refractivity contribution is -0.139. The smallest absolute Gasteiger partial charge is 0.338 e. The van der Waals surface area contributed by atoms with Gasteiger partial charge in [-0.25, -0.2) is 9.79 Å². The molecule has 0 spiro atoms. The maximum atomic E-state index is 13.8. The molecule has 0 radical (unpaired) electrons. The lowest BCUT2D eigenvalue weighted by Gasteiger charge is -2.27. The molecule has 35 heavy (non-hydrogen) atoms. The number of rotatable bonds is 7. The highest BCUT2D eigenvalue weighted by Gasteiger charge is 2.36. The topological polar surface area (TPSA) is 69.9 Å². The van der Waals surface area contributed by atoms with Gasteiger partial charge in [0.15, 0.2) is 4.80 Å². The van der Waals surface area contributed by atoms with Gasteiger partial charge in [0.1, 0.15) is 11.8 Å². The summed E-state index contributed by atoms with van der Waals surface area (Å²) >= 11 is 13.6. The molecule has 2 heterocycles. The highest BCUT2D eigenvalue weighted by Crippen LogP contribution is 2.38. The molecule has 6 nitrogen and oxygen atoms in total. The third-order valence-electron chi connectivity index (χ3n) is 5.55. The molecule has 9 heteroatoms. The van der Waals surface area contributed by atoms with Gasteiger partial charge in [0.2, 0.25) is 0 Å². The Morgan fingerprint density at radius 3 is 2.51 bits per heavy atom. The van der Waals surface area contributed by atoms with Crippen LogP contribution in [0.4, 0.5) is 0 Å². The molecular weight excluding hydrogens is 507 g/mol. The summed E-state index contributed by atoms with van der Waals surface area (Å²) < 4.78 is 13.0. The van der Waals surface area contributed by atoms with Crippen molar-refractivity contribution < 1.29 is 14.3 Å². The number of fused-ring (bicyclic) bond motifs is 1. The van der Waals surface area contributed by atoms with E-state index in [0.717, 1.165) is 12.0 Å². The first-order valence-corrected chi connectivity index (χ1v) is 12.8. The molecule has 0 aliphatic carbocycles. The molecule has 1 aliphatic heterocycles. The van der Waals surface area contributed by atoms with Crippen molar-refractivity contribution in [1.82, 2.24) is 4.57 Å². The van der Waals surface area contributed by atoms with Crippen molar-refractivity contribution in [2.45, 2.75) is 32.7 Å². The number of carbonyl (C=O) groups is 1. The number of hydrogen-bond donors (Lipinski definition) is 0. The molecule has 0 N–H and O–H groups in total. The Morgan fingerprint density at radius 2 is 1.86 bits per heavy atom. The van der Waals surface area contributed by atoms with E-state index < -0.39 is 12.0 Å². The van der Waals surface area contributed by atoms with Crippen molar-refractivity contribution in [2.75, 3.05) is 13.7 Å². The summed E-state index contributed by atoms with van der Waals surface area (Å²) in [6.07, 6.45) is 3.11. The van der Waals surface area contributed by atoms with Gasteiger partial charge >= 0.3 is 5.97 Å². The predicted molar refractivity (Wildman–Crippen MR) is 139 cm³/mol. The van der Waals surface area contributed by atoms with Gasteiger partial charge < -0.3 is 9.47 Å². The van der Waals surface area contributed by atoms with Crippen LogP contribution in [0.25, 0.3) is 6.08 Å². The number of hydrogen-bond acceptors (Lipinski definition) is 6. The van der Waals surface area contributed by atoms with Gasteiger partial charge in [0.25, 0.3) is 5.56 Å². The summed E-state index contributed by atoms with van der Waals surface area (Å²) in [5.41, 5.74) is 2.06. The normalized spacial score (nSPS) is 15.6. The Hall–Kier alpha value is -2.87. The summed E-state index contributed by atoms with van der Waals surface area (Å²) in [5, 5.41) is 1.07. The summed E-state index contributed by atoms with van der Waals surface area (Å²) in [6, 6.07) is 11.6. The number of carbonyl (C=O) groups excluding carboxylic acids is 1. The average molecular weight is 531 g/mol. The number of allylic oxidation sites excluding steroid dienone is 1. The molecule has 3 aromatic rings. The zero-order valence-corrected chi connectivity index (χ0v) is 21.8. The van der Waals surface area contributed by atoms with Crippen molar-refractivity contribution in [1.29, 1.82) is 0 Å². The fraction of sp³-hybridized carbons (Fsp3) is 0.269. The molecule has 1 atom stereocenters. The Labute approximate surface area is 216 Å². The van der Waals surface area contributed by atoms with Crippen molar-refractivity contribution in [3.63, 3.8) is 0 Å². The van der Waals surface area contributed by atoms with Crippen LogP contribution in [0.5, 0.6) is 5.75 Å². The average Bonchev–Trinajstić information content (AvgIpc) is 3.14. The van der Waals surface area contributed by atoms with Crippen molar-refractivity contribution in [2.24, 2.45) is 4.99 Å². The highest BCUT2D eigenvalue weighted by atomic mass is 35.5. The SMILES string of the molecule is CCCC1=C(C(=O)OCC)[C@@H](c2cc(Cl)ccc2OC)n2c(s/c(=C/c3ccc(Cl)cc3)c2=O)=N1. The number of methoxy groups -OCH3 is 1. The largest absolute Gasteiger partial charge is 0.496 e. The van der Waals surface area contributed by atoms with Crippen molar-refractivity contribution in [3.05, 3.63) is 94.6 Å². The van der Waals surface area contributed by atoms with Crippen molar-refractivity contribution in [3.8, 4) is 5.75 Å². The van der Waals surface area contributed by atoms with Gasteiger partial charge in [-0.1, -0.05) is 60.0 Å². The standard InChI is InChI=1S/C26H24Cl2N2O4S/c1-4-6-19-22(25(32)34-5-2)23(18-14-17(28)11-12-20(18)33-3)30-24(31)21(35-26(30)29-19)13-15-7-9-16(27)10-8-15/h7-14,23H,4-6H2,1-3H3/b21-13+/t23-/m1/s1. The van der Waals surface area contributed by atoms with Gasteiger partial charge in [0.05, 0.1) is 29.5 Å². The van der Waals surface area contributed by atoms with Gasteiger partial charge in [-0.2, -0.15) is 0 Å². The van der Waals surface area contributed by atoms with E-state index in [4.69, 9.17) is 37.7 Å². The van der Waals surface area contributed by atoms with Gasteiger partial charge in [0, 0.05) is 15.6 Å². The lowest BCUT2D eigenvalue weighted by atomic mass is 9.93. The second-order valence-electron chi connectivity index (χ2n) is 7.85. The number of nitrogens with zero attached hydrogens (tertiary/aromatic N) is 2. The molecular formula is C26H24Cl2N2O4S. The Kier molecular flexibility index (Phi) is 7.79. The van der Waals surface area contributed by atoms with Crippen LogP contribution in [0.3, 0.4) is 0 Å². The molecule has 0 saturated heterocycles. The van der Waals surface area contributed by atoms with Crippen LogP contribution in [0.2, 0.25) is 10.0 Å². The zero-order chi connectivity index (χ0) is 25.1. The Bertz CT molecular complexity index is 1470. The number of esters is 1. The summed E-state index contributed by atoms with van der Waals surface area (Å²) in [7, 11) is 1.54. The predicted octanol–water partition coefficient (Wildman–Crippen LogP) is 4.89. The van der Waals surface area contributed by atoms with Crippen LogP contribution < -0.4 is 19.6 Å². The van der Waals surface area contributed by atoms with Crippen LogP contribution in [0, 0.1) is 0 Å². The molecule has 182 valence electrons. The molecule has 0 amide bonds. The highest BCUT2D eigenvalue weighted by molar-refractivity contribution is 7.07. The van der Waals surface area contributed by atoms with Gasteiger partial charge in [-0.05, 0) is 55.3 Å². The lowest BCUT2D eigenvalue weighted by Crippen LogP contribution is -2.40. The van der Waals surface area contributed by atoms with Crippen molar-refractivity contribution >= 4 is 46.6 Å². The number of benzene rings is 2. The van der Waals surface area contributed by atoms with Crippen LogP contribution in [-0.2, 0) is 9.53 Å². The molecule has 0 unspecified atom stereocenters. The molecule has 1 aliphatic rings. The van der Waals surface area contributed by atoms with Gasteiger partial charge in [-0.15, -0.1) is 0 Å². The third-order valence-corrected chi connectivity index (χ3v) is 7.02. The minimum Gasteiger partial charge on any atom is -0.496 e. The first kappa shape index (κ1) is 25.2. The molecule has 2 aromatic carbocycles. The zero-order valence-electron chi connectivity index (χ0n) is 19.5. The van der Waals surface area contributed by atoms with E-state index in [1.165, 1.54) is 23.0 Å². The number of ether oxygens (including phenoxy) is 2. The van der Waals surface area contributed by atoms with E-state index in [0.29, 0.717) is 48.4 Å². The molecule has 0 bridgehead atoms. The van der Waals surface area contributed by atoms with Crippen LogP contribution in [-0.4, -0.2) is 24.3 Å². The Morgan fingerprint density at radius 1 is 1.14 bits per heavy atom. The Balaban J connectivity index is 2.04. The van der Waals surface area contributed by atoms with Crippen LogP contribution in [0.1, 0.15) is 43.9 Å². The van der Waals surface area contributed by atoms with E-state index in [1.54, 1.807) is 43.3 Å². The maximum Gasteiger partial charge on any atom is 0.338 e. The van der Waals surface area contributed by atoms with E-state index in [9.17, 15) is 9.59 Å². The molecule has 0 fully saturated rings. The first-order valence-electron chi connectivity index (χ1n) is 11.2. The number of halogens is 2. The number of aromatic nitrogens is 1. The van der Waals surface area contributed by atoms with Crippen LogP contribution in [0.15, 0.2) is 63.5 Å². The van der Waals surface area contributed by atoms with Gasteiger partial charge in [-0.3, -0.25) is 9.36 Å². The maximum absolute atomic E-state index is 13.8. The van der Waals surface area contributed by atoms with Crippen LogP contribution >= 0.6 is 34.5 Å². The fourth-order valence-electron chi connectivity index (χ4n) is 4.04. The summed E-state index contributed by atoms with van der Waals surface area (Å²) in [5.74, 6) is -0.00932. The first-order chi connectivity index (χ1) is 16.9. The van der Waals surface area contributed by atoms with E-state index in [2.05, 4.69) is 0 Å². The third kappa shape index (κ3) is 5.08. The van der Waals surface area contributed by atoms with E-state index in [-0.39, 0.29) is 12.2 Å². The van der Waals surface area contributed by atoms with E-state index >= 15 is 0 Å².